The number of piperazine rings is 1. The van der Waals surface area contributed by atoms with E-state index in [-0.39, 0.29) is 0 Å². The fraction of sp³-hybridized carbons (Fsp3) is 0.571. The molecule has 3 heteroatoms. The molecule has 1 aliphatic rings. The minimum atomic E-state index is 0.693. The molecule has 1 heterocycles. The normalized spacial score (nSPS) is 19.2. The van der Waals surface area contributed by atoms with Crippen molar-refractivity contribution >= 4 is 15.9 Å². The van der Waals surface area contributed by atoms with Gasteiger partial charge in [0.05, 0.1) is 0 Å². The van der Waals surface area contributed by atoms with Crippen molar-refractivity contribution in [3.8, 4) is 0 Å². The van der Waals surface area contributed by atoms with Gasteiger partial charge in [-0.25, -0.2) is 0 Å². The van der Waals surface area contributed by atoms with Gasteiger partial charge in [-0.1, -0.05) is 35.0 Å². The highest BCUT2D eigenvalue weighted by atomic mass is 79.9. The van der Waals surface area contributed by atoms with E-state index in [1.165, 1.54) is 31.5 Å². The molecule has 0 bridgehead atoms. The molecule has 1 aromatic rings. The molecule has 17 heavy (non-hydrogen) atoms. The number of nitrogens with zero attached hydrogens (tertiary/aromatic N) is 1. The van der Waals surface area contributed by atoms with Crippen LogP contribution in [0.2, 0.25) is 0 Å². The number of halogens is 1. The summed E-state index contributed by atoms with van der Waals surface area (Å²) >= 11 is 3.49. The highest BCUT2D eigenvalue weighted by Gasteiger charge is 2.18. The largest absolute Gasteiger partial charge is 0.314 e. The number of hydrogen-bond donors (Lipinski definition) is 1. The molecule has 1 saturated heterocycles. The van der Waals surface area contributed by atoms with Gasteiger partial charge in [0.1, 0.15) is 0 Å². The lowest BCUT2D eigenvalue weighted by Gasteiger charge is -2.34. The molecule has 0 saturated carbocycles. The second kappa shape index (κ2) is 6.53. The molecule has 0 aromatic heterocycles. The summed E-state index contributed by atoms with van der Waals surface area (Å²) in [4.78, 5) is 2.62. The summed E-state index contributed by atoms with van der Waals surface area (Å²) < 4.78 is 1.16. The molecule has 1 unspecified atom stereocenters. The van der Waals surface area contributed by atoms with Crippen LogP contribution in [0.4, 0.5) is 0 Å². The Morgan fingerprint density at radius 3 is 2.47 bits per heavy atom. The van der Waals surface area contributed by atoms with Crippen LogP contribution in [0.25, 0.3) is 0 Å². The van der Waals surface area contributed by atoms with E-state index in [1.807, 2.05) is 0 Å². The predicted octanol–water partition coefficient (Wildman–Crippen LogP) is 2.68. The van der Waals surface area contributed by atoms with E-state index in [9.17, 15) is 0 Å². The van der Waals surface area contributed by atoms with Crippen molar-refractivity contribution in [2.75, 3.05) is 26.2 Å². The summed E-state index contributed by atoms with van der Waals surface area (Å²) in [7, 11) is 0. The zero-order chi connectivity index (χ0) is 12.1. The van der Waals surface area contributed by atoms with E-state index >= 15 is 0 Å². The molecule has 2 rings (SSSR count). The van der Waals surface area contributed by atoms with Crippen LogP contribution >= 0.6 is 15.9 Å². The average Bonchev–Trinajstić information content (AvgIpc) is 2.39. The molecule has 1 aromatic carbocycles. The maximum absolute atomic E-state index is 3.49. The third kappa shape index (κ3) is 3.80. The summed E-state index contributed by atoms with van der Waals surface area (Å²) in [5.74, 6) is 0. The molecule has 94 valence electrons. The summed E-state index contributed by atoms with van der Waals surface area (Å²) in [6, 6.07) is 9.43. The number of rotatable bonds is 4. The molecule has 1 N–H and O–H groups in total. The van der Waals surface area contributed by atoms with Gasteiger partial charge < -0.3 is 5.32 Å². The molecule has 0 amide bonds. The van der Waals surface area contributed by atoms with Gasteiger partial charge in [0, 0.05) is 36.7 Å². The number of benzene rings is 1. The summed E-state index contributed by atoms with van der Waals surface area (Å²) in [5, 5.41) is 3.42. The van der Waals surface area contributed by atoms with E-state index in [0.29, 0.717) is 6.04 Å². The second-order valence-corrected chi connectivity index (χ2v) is 5.59. The Kier molecular flexibility index (Phi) is 5.01. The standard InChI is InChI=1S/C14H21BrN2/c1-2-14(17-9-7-16-8-10-17)11-12-3-5-13(15)6-4-12/h3-6,14,16H,2,7-11H2,1H3. The topological polar surface area (TPSA) is 15.3 Å². The van der Waals surface area contributed by atoms with Gasteiger partial charge in [-0.2, -0.15) is 0 Å². The van der Waals surface area contributed by atoms with E-state index in [1.54, 1.807) is 0 Å². The van der Waals surface area contributed by atoms with Crippen molar-refractivity contribution in [2.45, 2.75) is 25.8 Å². The third-order valence-corrected chi connectivity index (χ3v) is 4.05. The first kappa shape index (κ1) is 13.1. The van der Waals surface area contributed by atoms with Gasteiger partial charge in [0.15, 0.2) is 0 Å². The van der Waals surface area contributed by atoms with Crippen LogP contribution in [0.1, 0.15) is 18.9 Å². The first-order valence-corrected chi connectivity index (χ1v) is 7.28. The molecule has 0 spiro atoms. The van der Waals surface area contributed by atoms with E-state index in [4.69, 9.17) is 0 Å². The molecule has 1 aliphatic heterocycles. The van der Waals surface area contributed by atoms with Crippen molar-refractivity contribution in [2.24, 2.45) is 0 Å². The van der Waals surface area contributed by atoms with E-state index < -0.39 is 0 Å². The Morgan fingerprint density at radius 1 is 1.24 bits per heavy atom. The third-order valence-electron chi connectivity index (χ3n) is 3.52. The maximum Gasteiger partial charge on any atom is 0.0175 e. The number of nitrogens with one attached hydrogen (secondary N) is 1. The zero-order valence-electron chi connectivity index (χ0n) is 10.5. The lowest BCUT2D eigenvalue weighted by atomic mass is 10.0. The van der Waals surface area contributed by atoms with Crippen LogP contribution in [-0.4, -0.2) is 37.1 Å². The van der Waals surface area contributed by atoms with Crippen LogP contribution in [0, 0.1) is 0 Å². The smallest absolute Gasteiger partial charge is 0.0175 e. The SMILES string of the molecule is CCC(Cc1ccc(Br)cc1)N1CCNCC1. The first-order chi connectivity index (χ1) is 8.29. The highest BCUT2D eigenvalue weighted by Crippen LogP contribution is 2.16. The molecule has 0 radical (unpaired) electrons. The Bertz CT molecular complexity index is 331. The van der Waals surface area contributed by atoms with Gasteiger partial charge >= 0.3 is 0 Å². The average molecular weight is 297 g/mol. The molecular weight excluding hydrogens is 276 g/mol. The fourth-order valence-corrected chi connectivity index (χ4v) is 2.74. The second-order valence-electron chi connectivity index (χ2n) is 4.68. The van der Waals surface area contributed by atoms with Gasteiger partial charge in [-0.3, -0.25) is 4.90 Å². The van der Waals surface area contributed by atoms with Crippen molar-refractivity contribution in [1.29, 1.82) is 0 Å². The predicted molar refractivity (Wildman–Crippen MR) is 76.4 cm³/mol. The molecule has 1 atom stereocenters. The minimum absolute atomic E-state index is 0.693. The molecule has 0 aliphatic carbocycles. The van der Waals surface area contributed by atoms with Gasteiger partial charge in [-0.15, -0.1) is 0 Å². The molecule has 1 fully saturated rings. The highest BCUT2D eigenvalue weighted by molar-refractivity contribution is 9.10. The van der Waals surface area contributed by atoms with Crippen LogP contribution in [0.15, 0.2) is 28.7 Å². The monoisotopic (exact) mass is 296 g/mol. The molecule has 2 nitrogen and oxygen atoms in total. The Hall–Kier alpha value is -0.380. The van der Waals surface area contributed by atoms with E-state index in [0.717, 1.165) is 17.6 Å². The first-order valence-electron chi connectivity index (χ1n) is 6.49. The van der Waals surface area contributed by atoms with Crippen LogP contribution < -0.4 is 5.32 Å². The van der Waals surface area contributed by atoms with Gasteiger partial charge in [0.25, 0.3) is 0 Å². The quantitative estimate of drug-likeness (QED) is 0.919. The zero-order valence-corrected chi connectivity index (χ0v) is 12.0. The van der Waals surface area contributed by atoms with Crippen molar-refractivity contribution < 1.29 is 0 Å². The van der Waals surface area contributed by atoms with Gasteiger partial charge in [0.2, 0.25) is 0 Å². The summed E-state index contributed by atoms with van der Waals surface area (Å²) in [6.45, 7) is 6.95. The van der Waals surface area contributed by atoms with Gasteiger partial charge in [-0.05, 0) is 30.5 Å². The summed E-state index contributed by atoms with van der Waals surface area (Å²) in [5.41, 5.74) is 1.44. The lowest BCUT2D eigenvalue weighted by Crippen LogP contribution is -2.48. The minimum Gasteiger partial charge on any atom is -0.314 e. The van der Waals surface area contributed by atoms with Crippen LogP contribution in [0.5, 0.6) is 0 Å². The molecular formula is C14H21BrN2. The van der Waals surface area contributed by atoms with Crippen molar-refractivity contribution in [3.05, 3.63) is 34.3 Å². The number of hydrogen-bond acceptors (Lipinski definition) is 2. The van der Waals surface area contributed by atoms with Crippen LogP contribution in [0.3, 0.4) is 0 Å². The Balaban J connectivity index is 1.96. The van der Waals surface area contributed by atoms with Crippen molar-refractivity contribution in [3.63, 3.8) is 0 Å². The van der Waals surface area contributed by atoms with Crippen molar-refractivity contribution in [1.82, 2.24) is 10.2 Å². The van der Waals surface area contributed by atoms with Crippen LogP contribution in [-0.2, 0) is 6.42 Å². The maximum atomic E-state index is 3.49. The Morgan fingerprint density at radius 2 is 1.88 bits per heavy atom. The Labute approximate surface area is 113 Å². The van der Waals surface area contributed by atoms with E-state index in [2.05, 4.69) is 57.3 Å². The fourth-order valence-electron chi connectivity index (χ4n) is 2.47. The lowest BCUT2D eigenvalue weighted by molar-refractivity contribution is 0.167. The summed E-state index contributed by atoms with van der Waals surface area (Å²) in [6.07, 6.45) is 2.40.